The van der Waals surface area contributed by atoms with Gasteiger partial charge in [-0.3, -0.25) is 0 Å². The van der Waals surface area contributed by atoms with E-state index in [-0.39, 0.29) is 0 Å². The van der Waals surface area contributed by atoms with Crippen LogP contribution in [0, 0.1) is 0 Å². The lowest BCUT2D eigenvalue weighted by molar-refractivity contribution is 1.18. The molecule has 2 nitrogen and oxygen atoms in total. The van der Waals surface area contributed by atoms with Gasteiger partial charge in [-0.25, -0.2) is 4.98 Å². The number of para-hydroxylation sites is 2. The number of aromatic nitrogens is 2. The average Bonchev–Trinajstić information content (AvgIpc) is 3.43. The van der Waals surface area contributed by atoms with Gasteiger partial charge in [0.2, 0.25) is 0 Å². The molecule has 7 aromatic carbocycles. The van der Waals surface area contributed by atoms with Crippen molar-refractivity contribution in [2.24, 2.45) is 0 Å². The van der Waals surface area contributed by atoms with Gasteiger partial charge in [-0.05, 0) is 63.7 Å². The maximum atomic E-state index is 5.21. The lowest BCUT2D eigenvalue weighted by Gasteiger charge is -2.12. The zero-order valence-electron chi connectivity index (χ0n) is 23.4. The minimum absolute atomic E-state index is 0.987. The number of hydrogen-bond acceptors (Lipinski definition) is 1. The van der Waals surface area contributed by atoms with Crippen molar-refractivity contribution in [3.8, 4) is 28.1 Å². The normalized spacial score (nSPS) is 11.7. The molecule has 0 bridgehead atoms. The number of benzene rings is 7. The van der Waals surface area contributed by atoms with Gasteiger partial charge in [0.05, 0.1) is 22.2 Å². The Morgan fingerprint density at radius 2 is 0.744 bits per heavy atom. The lowest BCUT2D eigenvalue weighted by atomic mass is 9.96. The van der Waals surface area contributed by atoms with Crippen LogP contribution in [0.4, 0.5) is 0 Å². The number of hydrogen-bond donors (Lipinski definition) is 0. The second kappa shape index (κ2) is 9.40. The fourth-order valence-electron chi connectivity index (χ4n) is 6.76. The summed E-state index contributed by atoms with van der Waals surface area (Å²) >= 11 is 0. The molecule has 0 spiro atoms. The average molecular weight is 547 g/mol. The maximum absolute atomic E-state index is 5.21. The van der Waals surface area contributed by atoms with E-state index in [4.69, 9.17) is 4.98 Å². The van der Waals surface area contributed by atoms with Crippen LogP contribution in [0.25, 0.3) is 82.3 Å². The molecule has 9 rings (SSSR count). The first-order valence-corrected chi connectivity index (χ1v) is 14.7. The van der Waals surface area contributed by atoms with E-state index in [1.807, 2.05) is 0 Å². The van der Waals surface area contributed by atoms with Crippen LogP contribution in [0.3, 0.4) is 0 Å². The van der Waals surface area contributed by atoms with E-state index >= 15 is 0 Å². The van der Waals surface area contributed by atoms with Gasteiger partial charge in [0, 0.05) is 32.8 Å². The van der Waals surface area contributed by atoms with Crippen molar-refractivity contribution in [2.75, 3.05) is 0 Å². The monoisotopic (exact) mass is 546 g/mol. The van der Waals surface area contributed by atoms with E-state index in [2.05, 4.69) is 162 Å². The van der Waals surface area contributed by atoms with Gasteiger partial charge in [0.1, 0.15) is 0 Å². The van der Waals surface area contributed by atoms with Crippen molar-refractivity contribution in [3.63, 3.8) is 0 Å². The number of rotatable bonds is 3. The molecule has 0 saturated carbocycles. The first kappa shape index (κ1) is 23.9. The molecule has 0 unspecified atom stereocenters. The molecule has 0 amide bonds. The fraction of sp³-hybridized carbons (Fsp3) is 0. The third kappa shape index (κ3) is 3.70. The Balaban J connectivity index is 1.09. The molecule has 0 aliphatic carbocycles. The predicted octanol–water partition coefficient (Wildman–Crippen LogP) is 11.0. The highest BCUT2D eigenvalue weighted by molar-refractivity contribution is 6.24. The quantitative estimate of drug-likeness (QED) is 0.202. The third-order valence-electron chi connectivity index (χ3n) is 8.80. The van der Waals surface area contributed by atoms with Crippen LogP contribution in [0.15, 0.2) is 158 Å². The van der Waals surface area contributed by atoms with E-state index in [1.54, 1.807) is 0 Å². The summed E-state index contributed by atoms with van der Waals surface area (Å²) in [6.45, 7) is 0. The molecule has 200 valence electrons. The molecule has 2 heteroatoms. The SMILES string of the molecule is c1ccc2c(c1)c1ccccc1c1nc(-c3ccc(-c4ccc(-n5c6ccccc6c6ccccc65)cc4)cc3)ccc21. The van der Waals surface area contributed by atoms with Crippen LogP contribution in [0.5, 0.6) is 0 Å². The molecule has 0 fully saturated rings. The summed E-state index contributed by atoms with van der Waals surface area (Å²) in [6.07, 6.45) is 0. The summed E-state index contributed by atoms with van der Waals surface area (Å²) in [5.41, 5.74) is 9.16. The van der Waals surface area contributed by atoms with Gasteiger partial charge < -0.3 is 4.57 Å². The van der Waals surface area contributed by atoms with Crippen LogP contribution < -0.4 is 0 Å². The molecule has 2 aromatic heterocycles. The van der Waals surface area contributed by atoms with Gasteiger partial charge >= 0.3 is 0 Å². The Labute approximate surface area is 249 Å². The van der Waals surface area contributed by atoms with Gasteiger partial charge in [-0.15, -0.1) is 0 Å². The zero-order valence-corrected chi connectivity index (χ0v) is 23.4. The van der Waals surface area contributed by atoms with Crippen LogP contribution in [0.1, 0.15) is 0 Å². The van der Waals surface area contributed by atoms with E-state index in [0.29, 0.717) is 0 Å². The Kier molecular flexibility index (Phi) is 5.23. The van der Waals surface area contributed by atoms with Gasteiger partial charge in [-0.1, -0.05) is 121 Å². The highest BCUT2D eigenvalue weighted by Gasteiger charge is 2.13. The van der Waals surface area contributed by atoms with E-state index in [0.717, 1.165) is 22.5 Å². The molecule has 0 radical (unpaired) electrons. The molecule has 0 aliphatic rings. The minimum Gasteiger partial charge on any atom is -0.309 e. The molecule has 0 atom stereocenters. The number of fused-ring (bicyclic) bond motifs is 9. The van der Waals surface area contributed by atoms with Gasteiger partial charge in [0.15, 0.2) is 0 Å². The molecular formula is C41H26N2. The Bertz CT molecular complexity index is 2390. The Morgan fingerprint density at radius 3 is 1.33 bits per heavy atom. The number of nitrogens with zero attached hydrogens (tertiary/aromatic N) is 2. The Hall–Kier alpha value is -5.73. The summed E-state index contributed by atoms with van der Waals surface area (Å²) < 4.78 is 2.36. The first-order chi connectivity index (χ1) is 21.3. The van der Waals surface area contributed by atoms with E-state index in [1.165, 1.54) is 59.9 Å². The fourth-order valence-corrected chi connectivity index (χ4v) is 6.76. The van der Waals surface area contributed by atoms with Crippen molar-refractivity contribution < 1.29 is 0 Å². The van der Waals surface area contributed by atoms with Crippen molar-refractivity contribution in [1.29, 1.82) is 0 Å². The molecule has 43 heavy (non-hydrogen) atoms. The third-order valence-corrected chi connectivity index (χ3v) is 8.80. The van der Waals surface area contributed by atoms with Crippen LogP contribution >= 0.6 is 0 Å². The summed E-state index contributed by atoms with van der Waals surface area (Å²) in [5, 5.41) is 8.71. The summed E-state index contributed by atoms with van der Waals surface area (Å²) in [5.74, 6) is 0. The standard InChI is InChI=1S/C41H26N2/c1-2-11-33-31(9-1)32-10-3-4-14-36(32)41-37(33)25-26-38(42-41)29-19-17-27(18-20-29)28-21-23-30(24-22-28)43-39-15-7-5-12-34(39)35-13-6-8-16-40(35)43/h1-26H. The van der Waals surface area contributed by atoms with Crippen LogP contribution in [-0.2, 0) is 0 Å². The van der Waals surface area contributed by atoms with E-state index in [9.17, 15) is 0 Å². The van der Waals surface area contributed by atoms with Crippen LogP contribution in [-0.4, -0.2) is 9.55 Å². The summed E-state index contributed by atoms with van der Waals surface area (Å²) in [6, 6.07) is 56.6. The predicted molar refractivity (Wildman–Crippen MR) is 182 cm³/mol. The highest BCUT2D eigenvalue weighted by Crippen LogP contribution is 2.36. The maximum Gasteiger partial charge on any atom is 0.0794 e. The first-order valence-electron chi connectivity index (χ1n) is 14.7. The zero-order chi connectivity index (χ0) is 28.3. The largest absolute Gasteiger partial charge is 0.309 e. The Morgan fingerprint density at radius 1 is 0.326 bits per heavy atom. The van der Waals surface area contributed by atoms with Crippen molar-refractivity contribution >= 4 is 54.3 Å². The van der Waals surface area contributed by atoms with E-state index < -0.39 is 0 Å². The van der Waals surface area contributed by atoms with Gasteiger partial charge in [0.25, 0.3) is 0 Å². The molecule has 0 saturated heterocycles. The number of pyridine rings is 1. The molecular weight excluding hydrogens is 520 g/mol. The van der Waals surface area contributed by atoms with Crippen LogP contribution in [0.2, 0.25) is 0 Å². The second-order valence-corrected chi connectivity index (χ2v) is 11.2. The highest BCUT2D eigenvalue weighted by atomic mass is 15.0. The summed E-state index contributed by atoms with van der Waals surface area (Å²) in [4.78, 5) is 5.21. The molecule has 0 N–H and O–H groups in total. The molecule has 2 heterocycles. The van der Waals surface area contributed by atoms with Crippen molar-refractivity contribution in [1.82, 2.24) is 9.55 Å². The van der Waals surface area contributed by atoms with Gasteiger partial charge in [-0.2, -0.15) is 0 Å². The second-order valence-electron chi connectivity index (χ2n) is 11.2. The van der Waals surface area contributed by atoms with Crippen molar-refractivity contribution in [3.05, 3.63) is 158 Å². The summed E-state index contributed by atoms with van der Waals surface area (Å²) in [7, 11) is 0. The lowest BCUT2D eigenvalue weighted by Crippen LogP contribution is -1.93. The minimum atomic E-state index is 0.987. The molecule has 0 aliphatic heterocycles. The topological polar surface area (TPSA) is 17.8 Å². The molecule has 9 aromatic rings. The smallest absolute Gasteiger partial charge is 0.0794 e. The van der Waals surface area contributed by atoms with Crippen molar-refractivity contribution in [2.45, 2.75) is 0 Å².